The van der Waals surface area contributed by atoms with Gasteiger partial charge in [-0.2, -0.15) is 0 Å². The van der Waals surface area contributed by atoms with Crippen LogP contribution < -0.4 is 0 Å². The Morgan fingerprint density at radius 3 is 2.43 bits per heavy atom. The monoisotopic (exact) mass is 386 g/mol. The van der Waals surface area contributed by atoms with Crippen molar-refractivity contribution in [3.05, 3.63) is 0 Å². The zero-order chi connectivity index (χ0) is 19.9. The molecule has 10 atom stereocenters. The fourth-order valence-electron chi connectivity index (χ4n) is 10.3. The van der Waals surface area contributed by atoms with E-state index in [1.807, 2.05) is 0 Å². The van der Waals surface area contributed by atoms with Gasteiger partial charge in [0.25, 0.3) is 0 Å². The lowest BCUT2D eigenvalue weighted by Crippen LogP contribution is -2.56. The topological polar surface area (TPSA) is 20.2 Å². The fraction of sp³-hybridized carbons (Fsp3) is 1.00. The number of hydrogen-bond donors (Lipinski definition) is 1. The van der Waals surface area contributed by atoms with Gasteiger partial charge in [-0.15, -0.1) is 0 Å². The molecule has 4 unspecified atom stereocenters. The van der Waals surface area contributed by atoms with Gasteiger partial charge in [0.2, 0.25) is 0 Å². The van der Waals surface area contributed by atoms with Crippen molar-refractivity contribution in [2.75, 3.05) is 0 Å². The Kier molecular flexibility index (Phi) is 4.60. The lowest BCUT2D eigenvalue weighted by molar-refractivity contribution is -0.152. The second-order valence-corrected chi connectivity index (χ2v) is 13.1. The van der Waals surface area contributed by atoms with Crippen LogP contribution in [0.15, 0.2) is 0 Å². The van der Waals surface area contributed by atoms with Crippen molar-refractivity contribution < 1.29 is 5.11 Å². The van der Waals surface area contributed by atoms with Crippen LogP contribution in [0.1, 0.15) is 105 Å². The van der Waals surface area contributed by atoms with Crippen molar-refractivity contribution in [3.63, 3.8) is 0 Å². The molecule has 160 valence electrons. The Labute approximate surface area is 174 Å². The lowest BCUT2D eigenvalue weighted by Gasteiger charge is -2.60. The summed E-state index contributed by atoms with van der Waals surface area (Å²) in [6.07, 6.45) is 15.4. The molecule has 1 heteroatoms. The fourth-order valence-corrected chi connectivity index (χ4v) is 10.3. The van der Waals surface area contributed by atoms with Gasteiger partial charge in [-0.1, -0.05) is 53.9 Å². The number of rotatable bonds is 5. The average Bonchev–Trinajstić information content (AvgIpc) is 3.15. The molecular weight excluding hydrogens is 340 g/mol. The highest BCUT2D eigenvalue weighted by Crippen LogP contribution is 2.81. The number of aliphatic hydroxyl groups excluding tert-OH is 1. The van der Waals surface area contributed by atoms with Gasteiger partial charge in [0.05, 0.1) is 6.10 Å². The van der Waals surface area contributed by atoms with Gasteiger partial charge in [-0.25, -0.2) is 0 Å². The highest BCUT2D eigenvalue weighted by Gasteiger charge is 2.77. The van der Waals surface area contributed by atoms with E-state index in [0.717, 1.165) is 47.8 Å². The van der Waals surface area contributed by atoms with Crippen molar-refractivity contribution in [3.8, 4) is 0 Å². The summed E-state index contributed by atoms with van der Waals surface area (Å²) in [4.78, 5) is 0. The van der Waals surface area contributed by atoms with Crippen LogP contribution in [0.4, 0.5) is 0 Å². The van der Waals surface area contributed by atoms with Crippen LogP contribution >= 0.6 is 0 Å². The number of aliphatic hydroxyl groups is 1. The molecule has 0 bridgehead atoms. The van der Waals surface area contributed by atoms with Crippen LogP contribution in [0.3, 0.4) is 0 Å². The van der Waals surface area contributed by atoms with E-state index in [-0.39, 0.29) is 6.10 Å². The normalized spacial score (nSPS) is 55.4. The minimum absolute atomic E-state index is 0.0103. The number of fused-ring (bicyclic) bond motifs is 4. The molecule has 5 saturated carbocycles. The van der Waals surface area contributed by atoms with E-state index in [2.05, 4.69) is 34.6 Å². The van der Waals surface area contributed by atoms with Crippen LogP contribution in [0.5, 0.6) is 0 Å². The van der Waals surface area contributed by atoms with Gasteiger partial charge in [0.1, 0.15) is 0 Å². The molecule has 0 aromatic heterocycles. The van der Waals surface area contributed by atoms with Gasteiger partial charge in [-0.3, -0.25) is 0 Å². The predicted molar refractivity (Wildman–Crippen MR) is 117 cm³/mol. The van der Waals surface area contributed by atoms with Crippen LogP contribution in [-0.2, 0) is 0 Å². The molecule has 0 heterocycles. The first-order valence-corrected chi connectivity index (χ1v) is 12.9. The summed E-state index contributed by atoms with van der Waals surface area (Å²) >= 11 is 0. The van der Waals surface area contributed by atoms with Crippen molar-refractivity contribution in [1.29, 1.82) is 0 Å². The van der Waals surface area contributed by atoms with Crippen molar-refractivity contribution in [2.45, 2.75) is 111 Å². The number of hydrogen-bond acceptors (Lipinski definition) is 1. The average molecular weight is 387 g/mol. The molecule has 1 spiro atoms. The van der Waals surface area contributed by atoms with Crippen molar-refractivity contribution in [1.82, 2.24) is 0 Å². The predicted octanol–water partition coefficient (Wildman–Crippen LogP) is 7.08. The zero-order valence-corrected chi connectivity index (χ0v) is 19.3. The minimum atomic E-state index is 0.0103. The van der Waals surface area contributed by atoms with Crippen molar-refractivity contribution in [2.24, 2.45) is 57.7 Å². The molecular formula is C27H46O. The Morgan fingerprint density at radius 1 is 0.929 bits per heavy atom. The zero-order valence-electron chi connectivity index (χ0n) is 19.3. The first-order valence-electron chi connectivity index (χ1n) is 12.9. The second kappa shape index (κ2) is 6.48. The SMILES string of the molecule is CC(C)CCC[C@@H](C)[C@@H]1CCC2C3C[C@@H](O)C45C[C@@H]4CC[C@]5(C)C3CC[C@@]21C. The highest BCUT2D eigenvalue weighted by molar-refractivity contribution is 5.25. The van der Waals surface area contributed by atoms with Crippen LogP contribution in [0.2, 0.25) is 0 Å². The van der Waals surface area contributed by atoms with Crippen LogP contribution in [0.25, 0.3) is 0 Å². The Balaban J connectivity index is 1.34. The molecule has 5 rings (SSSR count). The van der Waals surface area contributed by atoms with Crippen LogP contribution in [0, 0.1) is 57.7 Å². The first-order chi connectivity index (χ1) is 13.2. The van der Waals surface area contributed by atoms with Crippen molar-refractivity contribution >= 4 is 0 Å². The van der Waals surface area contributed by atoms with E-state index in [4.69, 9.17) is 0 Å². The maximum absolute atomic E-state index is 11.3. The highest BCUT2D eigenvalue weighted by atomic mass is 16.3. The van der Waals surface area contributed by atoms with Gasteiger partial charge in [0.15, 0.2) is 0 Å². The Morgan fingerprint density at radius 2 is 1.71 bits per heavy atom. The summed E-state index contributed by atoms with van der Waals surface area (Å²) in [6, 6.07) is 0. The van der Waals surface area contributed by atoms with Crippen LogP contribution in [-0.4, -0.2) is 11.2 Å². The summed E-state index contributed by atoms with van der Waals surface area (Å²) in [7, 11) is 0. The standard InChI is InChI=1S/C27H46O/c1-17(2)7-6-8-18(3)21-9-10-22-20-15-24(28)27-16-19(27)11-14-26(27,5)23(20)12-13-25(21,22)4/h17-24,28H,6-16H2,1-5H3/t18-,19+,20?,21+,22?,23?,24-,25-,26-,27?/m1/s1. The van der Waals surface area contributed by atoms with E-state index in [0.29, 0.717) is 16.2 Å². The summed E-state index contributed by atoms with van der Waals surface area (Å²) < 4.78 is 0. The Hall–Kier alpha value is -0.0400. The van der Waals surface area contributed by atoms with E-state index in [1.54, 1.807) is 0 Å². The molecule has 5 aliphatic rings. The summed E-state index contributed by atoms with van der Waals surface area (Å²) in [6.45, 7) is 12.6. The van der Waals surface area contributed by atoms with Gasteiger partial charge in [-0.05, 0) is 104 Å². The summed E-state index contributed by atoms with van der Waals surface area (Å²) in [5.41, 5.74) is 1.37. The molecule has 0 aliphatic heterocycles. The first kappa shape index (κ1) is 19.9. The molecule has 0 amide bonds. The lowest BCUT2D eigenvalue weighted by atomic mass is 9.45. The maximum atomic E-state index is 11.3. The Bertz CT molecular complexity index is 611. The molecule has 0 radical (unpaired) electrons. The van der Waals surface area contributed by atoms with E-state index >= 15 is 0 Å². The summed E-state index contributed by atoms with van der Waals surface area (Å²) in [5, 5.41) is 11.3. The van der Waals surface area contributed by atoms with E-state index in [9.17, 15) is 5.11 Å². The molecule has 1 N–H and O–H groups in total. The molecule has 0 saturated heterocycles. The summed E-state index contributed by atoms with van der Waals surface area (Å²) in [5.74, 6) is 6.17. The van der Waals surface area contributed by atoms with E-state index < -0.39 is 0 Å². The van der Waals surface area contributed by atoms with Gasteiger partial charge in [0, 0.05) is 5.41 Å². The smallest absolute Gasteiger partial charge is 0.0607 e. The second-order valence-electron chi connectivity index (χ2n) is 13.1. The quantitative estimate of drug-likeness (QED) is 0.535. The molecule has 0 aromatic rings. The molecule has 28 heavy (non-hydrogen) atoms. The molecule has 1 nitrogen and oxygen atoms in total. The third-order valence-corrected chi connectivity index (χ3v) is 11.8. The third kappa shape index (κ3) is 2.47. The molecule has 5 fully saturated rings. The third-order valence-electron chi connectivity index (χ3n) is 11.8. The van der Waals surface area contributed by atoms with Gasteiger partial charge >= 0.3 is 0 Å². The minimum Gasteiger partial charge on any atom is -0.393 e. The molecule has 0 aromatic carbocycles. The van der Waals surface area contributed by atoms with E-state index in [1.165, 1.54) is 64.2 Å². The van der Waals surface area contributed by atoms with Gasteiger partial charge < -0.3 is 5.11 Å². The largest absolute Gasteiger partial charge is 0.393 e. The molecule has 5 aliphatic carbocycles. The maximum Gasteiger partial charge on any atom is 0.0607 e.